The predicted molar refractivity (Wildman–Crippen MR) is 126 cm³/mol. The van der Waals surface area contributed by atoms with Gasteiger partial charge in [0.05, 0.1) is 23.5 Å². The molecule has 0 spiro atoms. The molecular formula is C24H30N2O4S2. The van der Waals surface area contributed by atoms with Gasteiger partial charge in [-0.1, -0.05) is 44.2 Å². The second-order valence-corrected chi connectivity index (χ2v) is 12.5. The normalized spacial score (nSPS) is 23.6. The first-order valence-corrected chi connectivity index (χ1v) is 13.8. The fourth-order valence-electron chi connectivity index (χ4n) is 4.63. The molecule has 2 aliphatic heterocycles. The minimum atomic E-state index is -3.08. The number of nitrogens with zero attached hydrogens (tertiary/aromatic N) is 1. The highest BCUT2D eigenvalue weighted by molar-refractivity contribution is 7.91. The summed E-state index contributed by atoms with van der Waals surface area (Å²) in [7, 11) is -3.08. The molecule has 0 radical (unpaired) electrons. The van der Waals surface area contributed by atoms with Crippen LogP contribution in [0.4, 0.5) is 0 Å². The maximum Gasteiger partial charge on any atom is 0.226 e. The molecule has 3 atom stereocenters. The van der Waals surface area contributed by atoms with Crippen molar-refractivity contribution in [3.8, 4) is 0 Å². The minimum Gasteiger partial charge on any atom is -0.344 e. The van der Waals surface area contributed by atoms with Crippen molar-refractivity contribution in [2.45, 2.75) is 45.2 Å². The van der Waals surface area contributed by atoms with Crippen LogP contribution >= 0.6 is 11.3 Å². The monoisotopic (exact) mass is 474 g/mol. The number of nitrogens with one attached hydrogen (secondary N) is 1. The predicted octanol–water partition coefficient (Wildman–Crippen LogP) is 3.19. The SMILES string of the molecule is CC(C)Cc1ccc(C(NC(=O)C2CC(=O)N(C3CCS(=O)(=O)C3)C2)c2cccs2)cc1. The van der Waals surface area contributed by atoms with Gasteiger partial charge in [-0.25, -0.2) is 8.42 Å². The third kappa shape index (κ3) is 5.23. The third-order valence-corrected chi connectivity index (χ3v) is 8.94. The zero-order valence-corrected chi connectivity index (χ0v) is 20.1. The van der Waals surface area contributed by atoms with Crippen LogP contribution in [-0.2, 0) is 25.8 Å². The summed E-state index contributed by atoms with van der Waals surface area (Å²) in [5.41, 5.74) is 2.28. The highest BCUT2D eigenvalue weighted by Gasteiger charge is 2.42. The number of amides is 2. The summed E-state index contributed by atoms with van der Waals surface area (Å²) in [6.45, 7) is 4.67. The molecule has 2 amide bonds. The van der Waals surface area contributed by atoms with Gasteiger partial charge in [0.1, 0.15) is 0 Å². The van der Waals surface area contributed by atoms with Crippen molar-refractivity contribution < 1.29 is 18.0 Å². The molecule has 1 aromatic heterocycles. The van der Waals surface area contributed by atoms with E-state index in [1.54, 1.807) is 16.2 Å². The number of thiophene rings is 1. The van der Waals surface area contributed by atoms with E-state index in [4.69, 9.17) is 0 Å². The van der Waals surface area contributed by atoms with Crippen LogP contribution in [0, 0.1) is 11.8 Å². The molecule has 0 saturated carbocycles. The quantitative estimate of drug-likeness (QED) is 0.668. The Morgan fingerprint density at radius 1 is 1.22 bits per heavy atom. The topological polar surface area (TPSA) is 83.6 Å². The minimum absolute atomic E-state index is 0.00756. The smallest absolute Gasteiger partial charge is 0.226 e. The van der Waals surface area contributed by atoms with Crippen LogP contribution in [0.25, 0.3) is 0 Å². The van der Waals surface area contributed by atoms with Crippen LogP contribution in [0.3, 0.4) is 0 Å². The summed E-state index contributed by atoms with van der Waals surface area (Å²) in [4.78, 5) is 28.4. The van der Waals surface area contributed by atoms with E-state index >= 15 is 0 Å². The van der Waals surface area contributed by atoms with Crippen LogP contribution in [0.2, 0.25) is 0 Å². The first kappa shape index (κ1) is 23.0. The molecule has 0 aliphatic carbocycles. The second kappa shape index (κ2) is 9.35. The zero-order chi connectivity index (χ0) is 22.9. The Hall–Kier alpha value is -2.19. The van der Waals surface area contributed by atoms with Gasteiger partial charge >= 0.3 is 0 Å². The third-order valence-electron chi connectivity index (χ3n) is 6.25. The van der Waals surface area contributed by atoms with E-state index < -0.39 is 15.8 Å². The largest absolute Gasteiger partial charge is 0.344 e. The van der Waals surface area contributed by atoms with Gasteiger partial charge in [-0.2, -0.15) is 0 Å². The molecule has 1 aromatic carbocycles. The number of carbonyl (C=O) groups is 2. The molecule has 6 nitrogen and oxygen atoms in total. The van der Waals surface area contributed by atoms with Gasteiger partial charge in [0.15, 0.2) is 9.84 Å². The van der Waals surface area contributed by atoms with Crippen LogP contribution in [-0.4, -0.2) is 49.2 Å². The van der Waals surface area contributed by atoms with E-state index in [9.17, 15) is 18.0 Å². The fraction of sp³-hybridized carbons (Fsp3) is 0.500. The molecule has 3 unspecified atom stereocenters. The first-order chi connectivity index (χ1) is 15.2. The summed E-state index contributed by atoms with van der Waals surface area (Å²) >= 11 is 1.59. The Morgan fingerprint density at radius 2 is 1.97 bits per heavy atom. The molecule has 3 heterocycles. The number of rotatable bonds is 7. The Kier molecular flexibility index (Phi) is 6.72. The summed E-state index contributed by atoms with van der Waals surface area (Å²) in [5.74, 6) is -0.0525. The average Bonchev–Trinajstić information content (AvgIpc) is 3.46. The van der Waals surface area contributed by atoms with Crippen LogP contribution in [0.1, 0.15) is 48.7 Å². The number of benzene rings is 1. The Balaban J connectivity index is 1.47. The number of carbonyl (C=O) groups excluding carboxylic acids is 2. The van der Waals surface area contributed by atoms with E-state index in [-0.39, 0.29) is 48.4 Å². The van der Waals surface area contributed by atoms with Crippen LogP contribution in [0.15, 0.2) is 41.8 Å². The Bertz CT molecular complexity index is 1060. The van der Waals surface area contributed by atoms with Gasteiger partial charge in [-0.3, -0.25) is 9.59 Å². The Morgan fingerprint density at radius 3 is 2.56 bits per heavy atom. The summed E-state index contributed by atoms with van der Waals surface area (Å²) < 4.78 is 23.6. The molecule has 2 aromatic rings. The summed E-state index contributed by atoms with van der Waals surface area (Å²) in [6, 6.07) is 11.8. The first-order valence-electron chi connectivity index (χ1n) is 11.1. The van der Waals surface area contributed by atoms with Crippen molar-refractivity contribution in [1.29, 1.82) is 0 Å². The second-order valence-electron chi connectivity index (χ2n) is 9.30. The molecule has 32 heavy (non-hydrogen) atoms. The Labute approximate surface area is 193 Å². The zero-order valence-electron chi connectivity index (χ0n) is 18.5. The van der Waals surface area contributed by atoms with Crippen molar-refractivity contribution in [3.63, 3.8) is 0 Å². The van der Waals surface area contributed by atoms with Gasteiger partial charge < -0.3 is 10.2 Å². The number of likely N-dealkylation sites (tertiary alicyclic amines) is 1. The fourth-order valence-corrected chi connectivity index (χ4v) is 7.17. The molecule has 1 N–H and O–H groups in total. The standard InChI is InChI=1S/C24H30N2O4S2/c1-16(2)12-17-5-7-18(8-6-17)23(21-4-3-10-31-21)25-24(28)19-13-22(27)26(14-19)20-9-11-32(29,30)15-20/h3-8,10,16,19-20,23H,9,11-15H2,1-2H3,(H,25,28). The van der Waals surface area contributed by atoms with E-state index in [2.05, 4.69) is 43.4 Å². The summed E-state index contributed by atoms with van der Waals surface area (Å²) in [6.07, 6.45) is 1.60. The van der Waals surface area contributed by atoms with Gasteiger partial charge in [-0.15, -0.1) is 11.3 Å². The maximum absolute atomic E-state index is 13.2. The highest BCUT2D eigenvalue weighted by Crippen LogP contribution is 2.30. The molecule has 4 rings (SSSR count). The molecule has 172 valence electrons. The van der Waals surface area contributed by atoms with Crippen LogP contribution < -0.4 is 5.32 Å². The van der Waals surface area contributed by atoms with Crippen molar-refractivity contribution >= 4 is 33.0 Å². The van der Waals surface area contributed by atoms with Gasteiger partial charge in [0, 0.05) is 23.9 Å². The highest BCUT2D eigenvalue weighted by atomic mass is 32.2. The lowest BCUT2D eigenvalue weighted by molar-refractivity contribution is -0.130. The van der Waals surface area contributed by atoms with E-state index in [0.717, 1.165) is 16.9 Å². The number of hydrogen-bond acceptors (Lipinski definition) is 5. The lowest BCUT2D eigenvalue weighted by Gasteiger charge is -2.24. The van der Waals surface area contributed by atoms with Crippen molar-refractivity contribution in [2.24, 2.45) is 11.8 Å². The lowest BCUT2D eigenvalue weighted by Crippen LogP contribution is -2.39. The molecule has 0 bridgehead atoms. The average molecular weight is 475 g/mol. The van der Waals surface area contributed by atoms with E-state index in [1.807, 2.05) is 17.5 Å². The number of sulfone groups is 1. The van der Waals surface area contributed by atoms with Crippen molar-refractivity contribution in [1.82, 2.24) is 10.2 Å². The molecule has 2 fully saturated rings. The molecule has 8 heteroatoms. The molecule has 2 saturated heterocycles. The van der Waals surface area contributed by atoms with Gasteiger partial charge in [-0.05, 0) is 41.3 Å². The maximum atomic E-state index is 13.2. The van der Waals surface area contributed by atoms with Crippen molar-refractivity contribution in [2.75, 3.05) is 18.1 Å². The van der Waals surface area contributed by atoms with E-state index in [0.29, 0.717) is 12.3 Å². The van der Waals surface area contributed by atoms with Gasteiger partial charge in [0.25, 0.3) is 0 Å². The van der Waals surface area contributed by atoms with Gasteiger partial charge in [0.2, 0.25) is 11.8 Å². The molecule has 2 aliphatic rings. The molecular weight excluding hydrogens is 444 g/mol. The lowest BCUT2D eigenvalue weighted by atomic mass is 9.98. The van der Waals surface area contributed by atoms with Crippen molar-refractivity contribution in [3.05, 3.63) is 57.8 Å². The van der Waals surface area contributed by atoms with Crippen LogP contribution in [0.5, 0.6) is 0 Å². The summed E-state index contributed by atoms with van der Waals surface area (Å²) in [5, 5.41) is 5.15. The van der Waals surface area contributed by atoms with E-state index in [1.165, 1.54) is 5.56 Å². The number of hydrogen-bond donors (Lipinski definition) is 1.